The maximum atomic E-state index is 14.3. The summed E-state index contributed by atoms with van der Waals surface area (Å²) in [4.78, 5) is 13.1. The molecule has 0 saturated carbocycles. The highest BCUT2D eigenvalue weighted by Gasteiger charge is 2.44. The molecule has 9 heteroatoms. The summed E-state index contributed by atoms with van der Waals surface area (Å²) in [7, 11) is -0.777. The van der Waals surface area contributed by atoms with Crippen LogP contribution in [0, 0.1) is 0 Å². The number of nitrogens with zero attached hydrogens (tertiary/aromatic N) is 2. The number of aromatic nitrogens is 1. The lowest BCUT2D eigenvalue weighted by Gasteiger charge is -2.36. The summed E-state index contributed by atoms with van der Waals surface area (Å²) in [5, 5.41) is 2.01. The van der Waals surface area contributed by atoms with Crippen molar-refractivity contribution in [3.05, 3.63) is 83.0 Å². The first-order chi connectivity index (χ1) is 15.3. The van der Waals surface area contributed by atoms with Gasteiger partial charge in [0.15, 0.2) is 6.61 Å². The first-order valence-electron chi connectivity index (χ1n) is 9.99. The highest BCUT2D eigenvalue weighted by molar-refractivity contribution is 7.13. The number of halogens is 2. The molecule has 32 heavy (non-hydrogen) atoms. The number of primary amides is 1. The molecule has 4 rings (SSSR count). The Morgan fingerprint density at radius 2 is 1.97 bits per heavy atom. The van der Waals surface area contributed by atoms with Gasteiger partial charge >= 0.3 is 7.40 Å². The van der Waals surface area contributed by atoms with Crippen molar-refractivity contribution in [1.29, 1.82) is 0 Å². The number of rotatable bonds is 7. The molecule has 3 aromatic rings. The molecule has 2 N–H and O–H groups in total. The van der Waals surface area contributed by atoms with Crippen molar-refractivity contribution in [3.63, 3.8) is 0 Å². The van der Waals surface area contributed by atoms with E-state index < -0.39 is 18.8 Å². The van der Waals surface area contributed by atoms with Crippen LogP contribution in [0.2, 0.25) is 0 Å². The van der Waals surface area contributed by atoms with Crippen LogP contribution in [0.4, 0.5) is 8.63 Å². The quantitative estimate of drug-likeness (QED) is 0.529. The number of hydrogen-bond donors (Lipinski definition) is 1. The maximum Gasteiger partial charge on any atom is 0.674 e. The van der Waals surface area contributed by atoms with E-state index in [2.05, 4.69) is 0 Å². The van der Waals surface area contributed by atoms with Crippen molar-refractivity contribution in [3.8, 4) is 16.3 Å². The molecule has 0 aliphatic carbocycles. The summed E-state index contributed by atoms with van der Waals surface area (Å²) >= 11 is 1.63. The monoisotopic (exact) mass is 453 g/mol. The summed E-state index contributed by atoms with van der Waals surface area (Å²) < 4.78 is 35.8. The second kappa shape index (κ2) is 8.66. The zero-order chi connectivity index (χ0) is 22.9. The first-order valence-corrected chi connectivity index (χ1v) is 10.9. The molecule has 1 aliphatic rings. The van der Waals surface area contributed by atoms with Gasteiger partial charge in [0.05, 0.1) is 16.1 Å². The fraction of sp³-hybridized carbons (Fsp3) is 0.174. The zero-order valence-electron chi connectivity index (χ0n) is 17.7. The van der Waals surface area contributed by atoms with E-state index in [0.717, 1.165) is 21.1 Å². The molecule has 1 atom stereocenters. The minimum Gasteiger partial charge on any atom is -0.484 e. The van der Waals surface area contributed by atoms with Gasteiger partial charge in [0.25, 0.3) is 5.91 Å². The number of allylic oxidation sites excluding steroid dienone is 1. The lowest BCUT2D eigenvalue weighted by atomic mass is 9.87. The van der Waals surface area contributed by atoms with Gasteiger partial charge in [-0.2, -0.15) is 0 Å². The molecule has 164 valence electrons. The van der Waals surface area contributed by atoms with E-state index in [1.165, 1.54) is 0 Å². The number of amides is 1. The molecule has 1 unspecified atom stereocenters. The van der Waals surface area contributed by atoms with Gasteiger partial charge in [-0.15, -0.1) is 11.3 Å². The van der Waals surface area contributed by atoms with Gasteiger partial charge < -0.3 is 19.8 Å². The van der Waals surface area contributed by atoms with Gasteiger partial charge in [-0.05, 0) is 60.4 Å². The lowest BCUT2D eigenvalue weighted by Crippen LogP contribution is -2.44. The highest BCUT2D eigenvalue weighted by Crippen LogP contribution is 2.41. The van der Waals surface area contributed by atoms with Crippen molar-refractivity contribution in [2.24, 2.45) is 12.8 Å². The molecule has 0 saturated heterocycles. The third kappa shape index (κ3) is 4.08. The number of ether oxygens (including phenoxy) is 1. The van der Waals surface area contributed by atoms with Crippen molar-refractivity contribution in [2.75, 3.05) is 6.61 Å². The van der Waals surface area contributed by atoms with E-state index in [1.54, 1.807) is 60.8 Å². The standard InChI is InChI=1S/C23H22BF2N3O2S/c1-23(16-5-8-19(9-6-16)31-15-22(27)30)12-11-18(29(23)24(25)26)14-17-7-10-20(28(17)2)21-4-3-13-32-21/h3-14H,15H2,1-2H3,(H2,27,30)/b18-14-. The molecule has 0 spiro atoms. The van der Waals surface area contributed by atoms with Crippen LogP contribution in [0.3, 0.4) is 0 Å². The van der Waals surface area contributed by atoms with Crippen LogP contribution in [-0.2, 0) is 17.4 Å². The fourth-order valence-corrected chi connectivity index (χ4v) is 4.67. The maximum absolute atomic E-state index is 14.3. The molecule has 1 aliphatic heterocycles. The smallest absolute Gasteiger partial charge is 0.484 e. The van der Waals surface area contributed by atoms with E-state index in [-0.39, 0.29) is 6.61 Å². The molecule has 2 aromatic heterocycles. The Bertz CT molecular complexity index is 1170. The molecule has 5 nitrogen and oxygen atoms in total. The van der Waals surface area contributed by atoms with Crippen LogP contribution in [-0.4, -0.2) is 29.3 Å². The first kappa shape index (κ1) is 21.9. The predicted octanol–water partition coefficient (Wildman–Crippen LogP) is 4.67. The van der Waals surface area contributed by atoms with Crippen LogP contribution in [0.25, 0.3) is 16.6 Å². The van der Waals surface area contributed by atoms with Crippen molar-refractivity contribution < 1.29 is 18.2 Å². The van der Waals surface area contributed by atoms with E-state index >= 15 is 0 Å². The Kier molecular flexibility index (Phi) is 5.93. The van der Waals surface area contributed by atoms with E-state index in [1.807, 2.05) is 41.3 Å². The molecular weight excluding hydrogens is 431 g/mol. The fourth-order valence-electron chi connectivity index (χ4n) is 3.88. The summed E-state index contributed by atoms with van der Waals surface area (Å²) in [6.45, 7) is 1.51. The number of nitrogens with two attached hydrogens (primary N) is 1. The SMILES string of the molecule is Cn1c(/C=C2/C=CC(C)(c3ccc(OCC(N)=O)cc3)N2B(F)F)ccc1-c1cccs1. The number of carbonyl (C=O) groups excluding carboxylic acids is 1. The average molecular weight is 453 g/mol. The molecule has 0 radical (unpaired) electrons. The number of benzene rings is 1. The minimum atomic E-state index is -2.70. The summed E-state index contributed by atoms with van der Waals surface area (Å²) in [6.07, 6.45) is 5.27. The Hall–Kier alpha value is -3.33. The Labute approximate surface area is 189 Å². The highest BCUT2D eigenvalue weighted by atomic mass is 32.1. The van der Waals surface area contributed by atoms with Crippen LogP contribution >= 0.6 is 11.3 Å². The van der Waals surface area contributed by atoms with E-state index in [0.29, 0.717) is 17.0 Å². The molecule has 1 aromatic carbocycles. The second-order valence-corrected chi connectivity index (χ2v) is 8.60. The van der Waals surface area contributed by atoms with Gasteiger partial charge in [-0.1, -0.05) is 24.3 Å². The second-order valence-electron chi connectivity index (χ2n) is 7.66. The average Bonchev–Trinajstić information content (AvgIpc) is 3.48. The van der Waals surface area contributed by atoms with Crippen LogP contribution in [0.1, 0.15) is 18.2 Å². The molecular formula is C23H22BF2N3O2S. The van der Waals surface area contributed by atoms with Crippen LogP contribution < -0.4 is 10.5 Å². The van der Waals surface area contributed by atoms with Crippen molar-refractivity contribution >= 4 is 30.7 Å². The summed E-state index contributed by atoms with van der Waals surface area (Å²) in [6, 6.07) is 14.7. The molecule has 0 fully saturated rings. The largest absolute Gasteiger partial charge is 0.674 e. The molecule has 3 heterocycles. The van der Waals surface area contributed by atoms with Crippen molar-refractivity contribution in [2.45, 2.75) is 12.5 Å². The number of thiophene rings is 1. The zero-order valence-corrected chi connectivity index (χ0v) is 18.5. The van der Waals surface area contributed by atoms with Crippen LogP contribution in [0.15, 0.2) is 71.8 Å². The van der Waals surface area contributed by atoms with Gasteiger partial charge in [0.1, 0.15) is 5.75 Å². The van der Waals surface area contributed by atoms with Gasteiger partial charge in [0.2, 0.25) is 0 Å². The minimum absolute atomic E-state index is 0.239. The third-order valence-electron chi connectivity index (χ3n) is 5.60. The van der Waals surface area contributed by atoms with Crippen LogP contribution in [0.5, 0.6) is 5.75 Å². The van der Waals surface area contributed by atoms with E-state index in [4.69, 9.17) is 10.5 Å². The van der Waals surface area contributed by atoms with E-state index in [9.17, 15) is 13.4 Å². The van der Waals surface area contributed by atoms with Gasteiger partial charge in [-0.25, -0.2) is 0 Å². The van der Waals surface area contributed by atoms with Gasteiger partial charge in [-0.3, -0.25) is 13.4 Å². The molecule has 0 bridgehead atoms. The van der Waals surface area contributed by atoms with Gasteiger partial charge in [0, 0.05) is 18.4 Å². The third-order valence-corrected chi connectivity index (χ3v) is 6.49. The predicted molar refractivity (Wildman–Crippen MR) is 124 cm³/mol. The number of carbonyl (C=O) groups is 1. The Morgan fingerprint density at radius 1 is 1.22 bits per heavy atom. The topological polar surface area (TPSA) is 60.5 Å². The molecule has 1 amide bonds. The summed E-state index contributed by atoms with van der Waals surface area (Å²) in [5.74, 6) is -0.135. The summed E-state index contributed by atoms with van der Waals surface area (Å²) in [5.41, 5.74) is 7.02. The Balaban J connectivity index is 1.63. The van der Waals surface area contributed by atoms with Crippen molar-refractivity contribution in [1.82, 2.24) is 9.38 Å². The number of hydrogen-bond acceptors (Lipinski definition) is 4. The normalized spacial score (nSPS) is 19.0. The lowest BCUT2D eigenvalue weighted by molar-refractivity contribution is -0.119. The Morgan fingerprint density at radius 3 is 2.59 bits per heavy atom.